The van der Waals surface area contributed by atoms with Crippen LogP contribution in [0.4, 0.5) is 5.69 Å². The van der Waals surface area contributed by atoms with Gasteiger partial charge in [-0.1, -0.05) is 81.7 Å². The molecule has 1 nitrogen and oxygen atoms in total. The molecule has 0 saturated heterocycles. The van der Waals surface area contributed by atoms with Gasteiger partial charge in [-0.2, -0.15) is 0 Å². The fourth-order valence-corrected chi connectivity index (χ4v) is 3.43. The summed E-state index contributed by atoms with van der Waals surface area (Å²) in [6.07, 6.45) is 12.7. The molecule has 0 bridgehead atoms. The van der Waals surface area contributed by atoms with Crippen molar-refractivity contribution < 1.29 is 0 Å². The fraction of sp³-hybridized carbons (Fsp3) is 0.600. The van der Waals surface area contributed by atoms with Crippen molar-refractivity contribution >= 4 is 5.69 Å². The Bertz CT molecular complexity index is 403. The molecule has 1 aliphatic carbocycles. The molecule has 116 valence electrons. The Hall–Kier alpha value is -1.24. The van der Waals surface area contributed by atoms with Gasteiger partial charge in [-0.15, -0.1) is 0 Å². The van der Waals surface area contributed by atoms with Crippen molar-refractivity contribution in [2.24, 2.45) is 5.92 Å². The first-order valence-corrected chi connectivity index (χ1v) is 8.72. The molecule has 1 N–H and O–H groups in total. The smallest absolute Gasteiger partial charge is 0.0468 e. The number of unbranched alkanes of at least 4 members (excludes halogenated alkanes) is 1. The molecule has 1 heteroatoms. The first-order valence-electron chi connectivity index (χ1n) is 8.72. The van der Waals surface area contributed by atoms with Crippen LogP contribution in [0, 0.1) is 5.92 Å². The van der Waals surface area contributed by atoms with Crippen LogP contribution in [-0.2, 0) is 0 Å². The van der Waals surface area contributed by atoms with Crippen molar-refractivity contribution in [2.75, 3.05) is 5.32 Å². The average molecular weight is 285 g/mol. The lowest BCUT2D eigenvalue weighted by Crippen LogP contribution is -2.20. The maximum absolute atomic E-state index is 4.16. The van der Waals surface area contributed by atoms with Crippen molar-refractivity contribution in [1.29, 1.82) is 0 Å². The molecule has 0 aromatic heterocycles. The van der Waals surface area contributed by atoms with Gasteiger partial charge in [-0.05, 0) is 31.4 Å². The molecule has 0 heterocycles. The Balaban J connectivity index is 1.69. The summed E-state index contributed by atoms with van der Waals surface area (Å²) in [6.45, 7) is 6.30. The molecule has 0 spiro atoms. The lowest BCUT2D eigenvalue weighted by Gasteiger charge is -2.23. The summed E-state index contributed by atoms with van der Waals surface area (Å²) >= 11 is 0. The molecule has 0 unspecified atom stereocenters. The van der Waals surface area contributed by atoms with Crippen LogP contribution >= 0.6 is 0 Å². The molecule has 1 aromatic rings. The van der Waals surface area contributed by atoms with Crippen LogP contribution in [0.5, 0.6) is 0 Å². The third kappa shape index (κ3) is 5.95. The van der Waals surface area contributed by atoms with E-state index in [1.807, 2.05) is 0 Å². The number of nitrogens with one attached hydrogen (secondary N) is 1. The maximum Gasteiger partial charge on any atom is 0.0468 e. The molecular weight excluding hydrogens is 254 g/mol. The van der Waals surface area contributed by atoms with Gasteiger partial charge in [0.2, 0.25) is 0 Å². The first kappa shape index (κ1) is 16.1. The van der Waals surface area contributed by atoms with Gasteiger partial charge < -0.3 is 5.32 Å². The predicted molar refractivity (Wildman–Crippen MR) is 93.7 cm³/mol. The first-order chi connectivity index (χ1) is 10.3. The van der Waals surface area contributed by atoms with Gasteiger partial charge in [0, 0.05) is 11.7 Å². The van der Waals surface area contributed by atoms with E-state index in [0.29, 0.717) is 6.04 Å². The summed E-state index contributed by atoms with van der Waals surface area (Å²) in [7, 11) is 0. The van der Waals surface area contributed by atoms with Crippen LogP contribution in [-0.4, -0.2) is 6.04 Å². The molecule has 1 fully saturated rings. The molecule has 2 rings (SSSR count). The van der Waals surface area contributed by atoms with E-state index in [0.717, 1.165) is 5.92 Å². The number of hydrogen-bond donors (Lipinski definition) is 1. The lowest BCUT2D eigenvalue weighted by molar-refractivity contribution is 0.328. The quantitative estimate of drug-likeness (QED) is 0.444. The van der Waals surface area contributed by atoms with E-state index in [1.165, 1.54) is 69.0 Å². The van der Waals surface area contributed by atoms with E-state index in [-0.39, 0.29) is 0 Å². The Labute approximate surface area is 130 Å². The highest BCUT2D eigenvalue weighted by Crippen LogP contribution is 2.28. The minimum atomic E-state index is 0.416. The van der Waals surface area contributed by atoms with E-state index >= 15 is 0 Å². The molecule has 1 aliphatic rings. The minimum absolute atomic E-state index is 0.416. The predicted octanol–water partition coefficient (Wildman–Crippen LogP) is 6.18. The lowest BCUT2D eigenvalue weighted by atomic mass is 9.85. The highest BCUT2D eigenvalue weighted by Gasteiger charge is 2.14. The second kappa shape index (κ2) is 8.92. The maximum atomic E-state index is 4.16. The topological polar surface area (TPSA) is 12.0 Å². The molecular formula is C20H31N. The highest BCUT2D eigenvalue weighted by molar-refractivity contribution is 5.45. The van der Waals surface area contributed by atoms with Gasteiger partial charge in [-0.25, -0.2) is 0 Å². The van der Waals surface area contributed by atoms with Gasteiger partial charge in [0.05, 0.1) is 0 Å². The van der Waals surface area contributed by atoms with Gasteiger partial charge >= 0.3 is 0 Å². The Morgan fingerprint density at radius 1 is 1.14 bits per heavy atom. The molecule has 1 aromatic carbocycles. The third-order valence-corrected chi connectivity index (χ3v) is 4.79. The zero-order valence-electron chi connectivity index (χ0n) is 13.6. The summed E-state index contributed by atoms with van der Waals surface area (Å²) < 4.78 is 0. The summed E-state index contributed by atoms with van der Waals surface area (Å²) in [4.78, 5) is 0. The molecule has 0 aliphatic heterocycles. The Morgan fingerprint density at radius 2 is 1.86 bits per heavy atom. The van der Waals surface area contributed by atoms with Crippen molar-refractivity contribution in [3.05, 3.63) is 42.5 Å². The van der Waals surface area contributed by atoms with Gasteiger partial charge in [0.15, 0.2) is 0 Å². The van der Waals surface area contributed by atoms with Gasteiger partial charge in [0.25, 0.3) is 0 Å². The largest absolute Gasteiger partial charge is 0.379 e. The zero-order chi connectivity index (χ0) is 14.9. The molecule has 1 saturated carbocycles. The zero-order valence-corrected chi connectivity index (χ0v) is 13.6. The molecule has 1 atom stereocenters. The minimum Gasteiger partial charge on any atom is -0.379 e. The summed E-state index contributed by atoms with van der Waals surface area (Å²) in [6, 6.07) is 10.9. The Kier molecular flexibility index (Phi) is 6.85. The fourth-order valence-electron chi connectivity index (χ4n) is 3.43. The number of rotatable bonds is 8. The second-order valence-electron chi connectivity index (χ2n) is 6.70. The van der Waals surface area contributed by atoms with E-state index in [4.69, 9.17) is 0 Å². The Morgan fingerprint density at radius 3 is 2.52 bits per heavy atom. The van der Waals surface area contributed by atoms with Crippen LogP contribution in [0.25, 0.3) is 0 Å². The van der Waals surface area contributed by atoms with Crippen molar-refractivity contribution in [2.45, 2.75) is 70.8 Å². The standard InChI is InChI=1S/C20H31N/c1-17(2)20(21-19-14-7-4-8-15-19)16-10-9-13-18-11-5-3-6-12-18/h4,7-8,14-15,18,20-21H,1,3,5-6,9-13,16H2,2H3/t20-/m0/s1. The number of hydrogen-bond acceptors (Lipinski definition) is 1. The van der Waals surface area contributed by atoms with Gasteiger partial charge in [-0.3, -0.25) is 0 Å². The normalized spacial score (nSPS) is 17.4. The number of benzene rings is 1. The van der Waals surface area contributed by atoms with E-state index < -0.39 is 0 Å². The van der Waals surface area contributed by atoms with Crippen LogP contribution < -0.4 is 5.32 Å². The summed E-state index contributed by atoms with van der Waals surface area (Å²) in [5.41, 5.74) is 2.45. The van der Waals surface area contributed by atoms with E-state index in [9.17, 15) is 0 Å². The van der Waals surface area contributed by atoms with Crippen LogP contribution in [0.2, 0.25) is 0 Å². The summed E-state index contributed by atoms with van der Waals surface area (Å²) in [5, 5.41) is 3.62. The van der Waals surface area contributed by atoms with Crippen LogP contribution in [0.15, 0.2) is 42.5 Å². The molecule has 0 amide bonds. The van der Waals surface area contributed by atoms with Crippen molar-refractivity contribution in [1.82, 2.24) is 0 Å². The highest BCUT2D eigenvalue weighted by atomic mass is 14.9. The van der Waals surface area contributed by atoms with Crippen LogP contribution in [0.1, 0.15) is 64.7 Å². The SMILES string of the molecule is C=C(C)[C@H](CCCCC1CCCCC1)Nc1ccccc1. The van der Waals surface area contributed by atoms with Crippen molar-refractivity contribution in [3.8, 4) is 0 Å². The average Bonchev–Trinajstić information content (AvgIpc) is 2.52. The second-order valence-corrected chi connectivity index (χ2v) is 6.70. The summed E-state index contributed by atoms with van der Waals surface area (Å²) in [5.74, 6) is 1.02. The van der Waals surface area contributed by atoms with E-state index in [2.05, 4.69) is 49.2 Å². The van der Waals surface area contributed by atoms with Crippen LogP contribution in [0.3, 0.4) is 0 Å². The molecule has 21 heavy (non-hydrogen) atoms. The third-order valence-electron chi connectivity index (χ3n) is 4.79. The number of para-hydroxylation sites is 1. The monoisotopic (exact) mass is 285 g/mol. The molecule has 0 radical (unpaired) electrons. The van der Waals surface area contributed by atoms with Crippen molar-refractivity contribution in [3.63, 3.8) is 0 Å². The van der Waals surface area contributed by atoms with Gasteiger partial charge in [0.1, 0.15) is 0 Å². The number of anilines is 1. The van der Waals surface area contributed by atoms with E-state index in [1.54, 1.807) is 0 Å².